The summed E-state index contributed by atoms with van der Waals surface area (Å²) in [6, 6.07) is 7.92. The van der Waals surface area contributed by atoms with Crippen LogP contribution in [0.4, 0.5) is 0 Å². The summed E-state index contributed by atoms with van der Waals surface area (Å²) in [7, 11) is -3.76. The fourth-order valence-corrected chi connectivity index (χ4v) is 4.73. The Kier molecular flexibility index (Phi) is 7.41. The van der Waals surface area contributed by atoms with E-state index in [1.54, 1.807) is 36.5 Å². The van der Waals surface area contributed by atoms with Crippen molar-refractivity contribution in [3.8, 4) is 0 Å². The minimum absolute atomic E-state index is 0.0450. The Morgan fingerprint density at radius 3 is 2.73 bits per heavy atom. The van der Waals surface area contributed by atoms with Gasteiger partial charge >= 0.3 is 0 Å². The molecule has 1 aromatic carbocycles. The summed E-state index contributed by atoms with van der Waals surface area (Å²) in [6.45, 7) is 4.33. The first-order chi connectivity index (χ1) is 14.3. The molecule has 0 aliphatic rings. The van der Waals surface area contributed by atoms with Crippen LogP contribution in [0.5, 0.6) is 0 Å². The zero-order valence-electron chi connectivity index (χ0n) is 17.0. The number of rotatable bonds is 10. The lowest BCUT2D eigenvalue weighted by Gasteiger charge is -2.11. The van der Waals surface area contributed by atoms with Crippen LogP contribution in [0.2, 0.25) is 0 Å². The Labute approximate surface area is 180 Å². The van der Waals surface area contributed by atoms with Crippen LogP contribution in [0, 0.1) is 13.8 Å². The zero-order valence-corrected chi connectivity index (χ0v) is 18.6. The second-order valence-corrected chi connectivity index (χ2v) is 9.69. The Hall–Kier alpha value is -2.49. The number of aryl methyl sites for hydroxylation is 3. The summed E-state index contributed by atoms with van der Waals surface area (Å²) in [4.78, 5) is 17.0. The second kappa shape index (κ2) is 10.0. The molecule has 0 radical (unpaired) electrons. The smallest absolute Gasteiger partial charge is 0.251 e. The number of benzene rings is 1. The lowest BCUT2D eigenvalue weighted by atomic mass is 10.1. The van der Waals surface area contributed by atoms with Crippen molar-refractivity contribution in [1.82, 2.24) is 15.0 Å². The highest BCUT2D eigenvalue weighted by molar-refractivity contribution is 7.89. The predicted molar refractivity (Wildman–Crippen MR) is 116 cm³/mol. The fourth-order valence-electron chi connectivity index (χ4n) is 2.89. The van der Waals surface area contributed by atoms with Crippen molar-refractivity contribution in [2.45, 2.75) is 44.6 Å². The third kappa shape index (κ3) is 6.01. The van der Waals surface area contributed by atoms with Crippen LogP contribution in [0.25, 0.3) is 0 Å². The van der Waals surface area contributed by atoms with Crippen LogP contribution in [0.1, 0.15) is 45.2 Å². The molecule has 0 atom stereocenters. The average Bonchev–Trinajstić information content (AvgIpc) is 3.38. The minimum atomic E-state index is -3.76. The van der Waals surface area contributed by atoms with E-state index in [1.807, 2.05) is 12.3 Å². The van der Waals surface area contributed by atoms with Crippen molar-refractivity contribution in [3.63, 3.8) is 0 Å². The van der Waals surface area contributed by atoms with Gasteiger partial charge in [0.1, 0.15) is 5.76 Å². The Balaban J connectivity index is 1.54. The van der Waals surface area contributed by atoms with E-state index < -0.39 is 10.0 Å². The number of amides is 1. The standard InChI is InChI=1S/C21H25N3O4S2/c1-15-8-9-18(30(26,27)23-13-17-6-5-11-28-17)12-19(15)21(25)22-10-4-3-7-20-24-16(2)14-29-20/h5-6,8-9,11-12,14,23H,3-4,7,10,13H2,1-2H3,(H,22,25). The molecule has 30 heavy (non-hydrogen) atoms. The van der Waals surface area contributed by atoms with Crippen LogP contribution in [-0.4, -0.2) is 25.9 Å². The molecule has 0 aliphatic carbocycles. The van der Waals surface area contributed by atoms with E-state index in [9.17, 15) is 13.2 Å². The molecule has 3 rings (SSSR count). The highest BCUT2D eigenvalue weighted by Crippen LogP contribution is 2.17. The molecule has 9 heteroatoms. The number of thiazole rings is 1. The molecule has 2 aromatic heterocycles. The number of unbranched alkanes of at least 4 members (excludes halogenated alkanes) is 1. The molecule has 0 bridgehead atoms. The van der Waals surface area contributed by atoms with E-state index in [-0.39, 0.29) is 17.3 Å². The SMILES string of the molecule is Cc1csc(CCCCNC(=O)c2cc(S(=O)(=O)NCc3ccco3)ccc2C)n1. The summed E-state index contributed by atoms with van der Waals surface area (Å²) >= 11 is 1.65. The van der Waals surface area contributed by atoms with Crippen molar-refractivity contribution in [1.29, 1.82) is 0 Å². The van der Waals surface area contributed by atoms with Gasteiger partial charge in [-0.2, -0.15) is 0 Å². The van der Waals surface area contributed by atoms with Crippen molar-refractivity contribution in [2.24, 2.45) is 0 Å². The molecular weight excluding hydrogens is 422 g/mol. The molecule has 0 saturated heterocycles. The molecule has 0 aliphatic heterocycles. The Morgan fingerprint density at radius 2 is 2.03 bits per heavy atom. The minimum Gasteiger partial charge on any atom is -0.468 e. The summed E-state index contributed by atoms with van der Waals surface area (Å²) in [6.07, 6.45) is 4.13. The highest BCUT2D eigenvalue weighted by atomic mass is 32.2. The molecule has 3 aromatic rings. The van der Waals surface area contributed by atoms with Crippen LogP contribution >= 0.6 is 11.3 Å². The normalized spacial score (nSPS) is 11.5. The molecule has 0 spiro atoms. The first-order valence-electron chi connectivity index (χ1n) is 9.67. The van der Waals surface area contributed by atoms with Crippen LogP contribution in [-0.2, 0) is 23.0 Å². The van der Waals surface area contributed by atoms with Crippen LogP contribution in [0.15, 0.2) is 51.3 Å². The molecular formula is C21H25N3O4S2. The maximum absolute atomic E-state index is 12.6. The maximum atomic E-state index is 12.6. The van der Waals surface area contributed by atoms with Gasteiger partial charge in [-0.15, -0.1) is 11.3 Å². The van der Waals surface area contributed by atoms with Crippen LogP contribution in [0.3, 0.4) is 0 Å². The summed E-state index contributed by atoms with van der Waals surface area (Å²) in [5.41, 5.74) is 2.11. The van der Waals surface area contributed by atoms with E-state index in [0.29, 0.717) is 17.9 Å². The van der Waals surface area contributed by atoms with E-state index in [4.69, 9.17) is 4.42 Å². The number of furan rings is 1. The van der Waals surface area contributed by atoms with E-state index in [0.717, 1.165) is 35.5 Å². The Morgan fingerprint density at radius 1 is 1.20 bits per heavy atom. The van der Waals surface area contributed by atoms with Gasteiger partial charge in [-0.1, -0.05) is 6.07 Å². The fraction of sp³-hybridized carbons (Fsp3) is 0.333. The van der Waals surface area contributed by atoms with E-state index in [1.165, 1.54) is 18.4 Å². The van der Waals surface area contributed by atoms with E-state index in [2.05, 4.69) is 15.0 Å². The third-order valence-corrected chi connectivity index (χ3v) is 6.98. The number of nitrogens with zero attached hydrogens (tertiary/aromatic N) is 1. The first-order valence-corrected chi connectivity index (χ1v) is 12.0. The summed E-state index contributed by atoms with van der Waals surface area (Å²) in [5.74, 6) is 0.234. The average molecular weight is 448 g/mol. The molecule has 7 nitrogen and oxygen atoms in total. The predicted octanol–water partition coefficient (Wildman–Crippen LogP) is 3.58. The van der Waals surface area contributed by atoms with E-state index >= 15 is 0 Å². The van der Waals surface area contributed by atoms with Gasteiger partial charge < -0.3 is 9.73 Å². The molecule has 0 saturated carbocycles. The number of carbonyl (C=O) groups excluding carboxylic acids is 1. The van der Waals surface area contributed by atoms with Gasteiger partial charge in [0, 0.05) is 23.2 Å². The largest absolute Gasteiger partial charge is 0.468 e. The summed E-state index contributed by atoms with van der Waals surface area (Å²) in [5, 5.41) is 6.02. The lowest BCUT2D eigenvalue weighted by molar-refractivity contribution is 0.0952. The number of aromatic nitrogens is 1. The molecule has 2 N–H and O–H groups in total. The summed E-state index contributed by atoms with van der Waals surface area (Å²) < 4.78 is 32.7. The number of nitrogens with one attached hydrogen (secondary N) is 2. The number of hydrogen-bond acceptors (Lipinski definition) is 6. The third-order valence-electron chi connectivity index (χ3n) is 4.55. The Bertz CT molecular complexity index is 1090. The first kappa shape index (κ1) is 22.2. The molecule has 0 fully saturated rings. The number of sulfonamides is 1. The zero-order chi connectivity index (χ0) is 21.6. The van der Waals surface area contributed by atoms with Crippen molar-refractivity contribution >= 4 is 27.3 Å². The van der Waals surface area contributed by atoms with Gasteiger partial charge in [-0.05, 0) is 62.9 Å². The quantitative estimate of drug-likeness (QED) is 0.463. The van der Waals surface area contributed by atoms with Gasteiger partial charge in [0.15, 0.2) is 0 Å². The van der Waals surface area contributed by atoms with Crippen LogP contribution < -0.4 is 10.0 Å². The number of carbonyl (C=O) groups is 1. The van der Waals surface area contributed by atoms with Gasteiger partial charge in [0.05, 0.1) is 22.7 Å². The maximum Gasteiger partial charge on any atom is 0.251 e. The second-order valence-electron chi connectivity index (χ2n) is 6.98. The monoisotopic (exact) mass is 447 g/mol. The van der Waals surface area contributed by atoms with Gasteiger partial charge in [-0.3, -0.25) is 4.79 Å². The molecule has 1 amide bonds. The van der Waals surface area contributed by atoms with Gasteiger partial charge in [0.2, 0.25) is 10.0 Å². The van der Waals surface area contributed by atoms with Gasteiger partial charge in [-0.25, -0.2) is 18.1 Å². The van der Waals surface area contributed by atoms with Crippen molar-refractivity contribution in [2.75, 3.05) is 6.54 Å². The molecule has 160 valence electrons. The molecule has 2 heterocycles. The highest BCUT2D eigenvalue weighted by Gasteiger charge is 2.18. The van der Waals surface area contributed by atoms with Crippen molar-refractivity contribution in [3.05, 3.63) is 69.6 Å². The van der Waals surface area contributed by atoms with Gasteiger partial charge in [0.25, 0.3) is 5.91 Å². The number of hydrogen-bond donors (Lipinski definition) is 2. The topological polar surface area (TPSA) is 101 Å². The lowest BCUT2D eigenvalue weighted by Crippen LogP contribution is -2.27. The molecule has 0 unspecified atom stereocenters. The van der Waals surface area contributed by atoms with Crippen molar-refractivity contribution < 1.29 is 17.6 Å².